The van der Waals surface area contributed by atoms with Crippen molar-refractivity contribution in [1.82, 2.24) is 9.62 Å². The molecule has 124 valence electrons. The number of nitrogens with zero attached hydrogens (tertiary/aromatic N) is 1. The Bertz CT molecular complexity index is 678. The number of carbonyl (C=O) groups excluding carboxylic acids is 1. The van der Waals surface area contributed by atoms with Crippen LogP contribution in [-0.4, -0.2) is 45.4 Å². The Kier molecular flexibility index (Phi) is 4.38. The van der Waals surface area contributed by atoms with Crippen LogP contribution in [-0.2, 0) is 10.0 Å². The molecule has 0 bridgehead atoms. The van der Waals surface area contributed by atoms with Crippen molar-refractivity contribution in [3.05, 3.63) is 17.4 Å². The summed E-state index contributed by atoms with van der Waals surface area (Å²) in [4.78, 5) is 14.4. The quantitative estimate of drug-likeness (QED) is 0.849. The Morgan fingerprint density at radius 1 is 1.50 bits per heavy atom. The van der Waals surface area contributed by atoms with Crippen molar-refractivity contribution in [1.29, 1.82) is 0 Å². The SMILES string of the molecule is CNS(=O)(=O)c1cc(C(=O)N2CCC(N)C(C)(C)C2)c(C)o1. The molecule has 1 aromatic rings. The normalized spacial score (nSPS) is 21.9. The average molecular weight is 329 g/mol. The maximum Gasteiger partial charge on any atom is 0.273 e. The molecule has 0 aromatic carbocycles. The van der Waals surface area contributed by atoms with E-state index in [0.717, 1.165) is 6.42 Å². The van der Waals surface area contributed by atoms with Gasteiger partial charge in [0.2, 0.25) is 5.09 Å². The summed E-state index contributed by atoms with van der Waals surface area (Å²) in [6.07, 6.45) is 0.720. The summed E-state index contributed by atoms with van der Waals surface area (Å²) >= 11 is 0. The van der Waals surface area contributed by atoms with Gasteiger partial charge < -0.3 is 15.1 Å². The second-order valence-corrected chi connectivity index (χ2v) is 8.17. The Labute approximate surface area is 130 Å². The number of nitrogens with two attached hydrogens (primary N) is 1. The van der Waals surface area contributed by atoms with Gasteiger partial charge in [0.05, 0.1) is 5.56 Å². The number of carbonyl (C=O) groups is 1. The molecule has 1 aromatic heterocycles. The van der Waals surface area contributed by atoms with E-state index in [4.69, 9.17) is 10.2 Å². The number of nitrogens with one attached hydrogen (secondary N) is 1. The van der Waals surface area contributed by atoms with Crippen LogP contribution in [0.4, 0.5) is 0 Å². The fourth-order valence-corrected chi connectivity index (χ4v) is 3.33. The first-order valence-corrected chi connectivity index (χ1v) is 8.65. The van der Waals surface area contributed by atoms with E-state index in [0.29, 0.717) is 18.8 Å². The van der Waals surface area contributed by atoms with E-state index < -0.39 is 10.0 Å². The van der Waals surface area contributed by atoms with Crippen LogP contribution in [0.2, 0.25) is 0 Å². The third-order valence-corrected chi connectivity index (χ3v) is 5.53. The van der Waals surface area contributed by atoms with Crippen molar-refractivity contribution in [2.24, 2.45) is 11.1 Å². The van der Waals surface area contributed by atoms with Gasteiger partial charge in [0.1, 0.15) is 5.76 Å². The number of rotatable bonds is 3. The average Bonchev–Trinajstić information content (AvgIpc) is 2.83. The number of sulfonamides is 1. The number of hydrogen-bond acceptors (Lipinski definition) is 5. The smallest absolute Gasteiger partial charge is 0.273 e. The van der Waals surface area contributed by atoms with Gasteiger partial charge in [-0.25, -0.2) is 13.1 Å². The molecule has 1 saturated heterocycles. The second kappa shape index (κ2) is 5.68. The van der Waals surface area contributed by atoms with Crippen molar-refractivity contribution in [3.8, 4) is 0 Å². The number of likely N-dealkylation sites (tertiary alicyclic amines) is 1. The summed E-state index contributed by atoms with van der Waals surface area (Å²) in [6, 6.07) is 1.33. The Morgan fingerprint density at radius 2 is 2.14 bits per heavy atom. The van der Waals surface area contributed by atoms with E-state index >= 15 is 0 Å². The molecule has 0 aliphatic carbocycles. The molecule has 0 saturated carbocycles. The first kappa shape index (κ1) is 17.0. The molecule has 1 amide bonds. The fourth-order valence-electron chi connectivity index (χ4n) is 2.62. The van der Waals surface area contributed by atoms with Crippen LogP contribution in [0.3, 0.4) is 0 Å². The highest BCUT2D eigenvalue weighted by molar-refractivity contribution is 7.89. The summed E-state index contributed by atoms with van der Waals surface area (Å²) in [7, 11) is -2.41. The summed E-state index contributed by atoms with van der Waals surface area (Å²) < 4.78 is 30.9. The van der Waals surface area contributed by atoms with Gasteiger partial charge in [-0.2, -0.15) is 0 Å². The Morgan fingerprint density at radius 3 is 2.68 bits per heavy atom. The molecule has 2 heterocycles. The second-order valence-electron chi connectivity index (χ2n) is 6.35. The van der Waals surface area contributed by atoms with Gasteiger partial charge >= 0.3 is 0 Å². The molecule has 1 aliphatic rings. The maximum absolute atomic E-state index is 12.7. The van der Waals surface area contributed by atoms with Crippen molar-refractivity contribution >= 4 is 15.9 Å². The number of aryl methyl sites for hydroxylation is 1. The van der Waals surface area contributed by atoms with Crippen LogP contribution in [0, 0.1) is 12.3 Å². The molecule has 1 fully saturated rings. The standard InChI is InChI=1S/C14H23N3O4S/c1-9-10(7-12(21-9)22(19,20)16-4)13(18)17-6-5-11(15)14(2,3)8-17/h7,11,16H,5-6,8,15H2,1-4H3. The molecular weight excluding hydrogens is 306 g/mol. The number of piperidine rings is 1. The number of furan rings is 1. The zero-order valence-electron chi connectivity index (χ0n) is 13.3. The lowest BCUT2D eigenvalue weighted by Crippen LogP contribution is -2.54. The molecule has 0 radical (unpaired) electrons. The lowest BCUT2D eigenvalue weighted by Gasteiger charge is -2.42. The molecule has 2 rings (SSSR count). The highest BCUT2D eigenvalue weighted by atomic mass is 32.2. The van der Waals surface area contributed by atoms with Gasteiger partial charge in [-0.05, 0) is 25.8 Å². The van der Waals surface area contributed by atoms with E-state index in [1.165, 1.54) is 13.1 Å². The molecule has 1 unspecified atom stereocenters. The molecule has 7 nitrogen and oxygen atoms in total. The highest BCUT2D eigenvalue weighted by Crippen LogP contribution is 2.29. The highest BCUT2D eigenvalue weighted by Gasteiger charge is 2.36. The summed E-state index contributed by atoms with van der Waals surface area (Å²) in [6.45, 7) is 6.73. The fraction of sp³-hybridized carbons (Fsp3) is 0.643. The van der Waals surface area contributed by atoms with Crippen LogP contribution in [0.1, 0.15) is 36.4 Å². The summed E-state index contributed by atoms with van der Waals surface area (Å²) in [5.74, 6) is 0.0743. The third-order valence-electron chi connectivity index (χ3n) is 4.26. The molecule has 0 spiro atoms. The zero-order chi connectivity index (χ0) is 16.7. The van der Waals surface area contributed by atoms with E-state index in [1.807, 2.05) is 13.8 Å². The van der Waals surface area contributed by atoms with Gasteiger partial charge in [0, 0.05) is 25.2 Å². The van der Waals surface area contributed by atoms with E-state index in [-0.39, 0.29) is 28.0 Å². The van der Waals surface area contributed by atoms with Crippen LogP contribution in [0.25, 0.3) is 0 Å². The molecule has 1 aliphatic heterocycles. The molecule has 8 heteroatoms. The lowest BCUT2D eigenvalue weighted by molar-refractivity contribution is 0.0531. The van der Waals surface area contributed by atoms with Gasteiger partial charge in [-0.3, -0.25) is 4.79 Å². The van der Waals surface area contributed by atoms with Crippen LogP contribution >= 0.6 is 0 Å². The van der Waals surface area contributed by atoms with Crippen molar-refractivity contribution in [2.45, 2.75) is 38.3 Å². The molecule has 22 heavy (non-hydrogen) atoms. The monoisotopic (exact) mass is 329 g/mol. The van der Waals surface area contributed by atoms with E-state index in [2.05, 4.69) is 4.72 Å². The minimum absolute atomic E-state index is 0.0437. The number of hydrogen-bond donors (Lipinski definition) is 2. The third kappa shape index (κ3) is 3.04. The van der Waals surface area contributed by atoms with Gasteiger partial charge in [-0.1, -0.05) is 13.8 Å². The van der Waals surface area contributed by atoms with Crippen molar-refractivity contribution in [3.63, 3.8) is 0 Å². The van der Waals surface area contributed by atoms with Gasteiger partial charge in [0.25, 0.3) is 15.9 Å². The summed E-state index contributed by atoms with van der Waals surface area (Å²) in [5, 5.41) is -0.246. The topological polar surface area (TPSA) is 106 Å². The molecule has 1 atom stereocenters. The molecular formula is C14H23N3O4S. The largest absolute Gasteiger partial charge is 0.448 e. The predicted octanol–water partition coefficient (Wildman–Crippen LogP) is 0.696. The van der Waals surface area contributed by atoms with E-state index in [9.17, 15) is 13.2 Å². The van der Waals surface area contributed by atoms with Gasteiger partial charge in [-0.15, -0.1) is 0 Å². The first-order valence-electron chi connectivity index (χ1n) is 7.17. The predicted molar refractivity (Wildman–Crippen MR) is 82.0 cm³/mol. The van der Waals surface area contributed by atoms with Crippen molar-refractivity contribution in [2.75, 3.05) is 20.1 Å². The summed E-state index contributed by atoms with van der Waals surface area (Å²) in [5.41, 5.74) is 6.18. The Hall–Kier alpha value is -1.38. The minimum Gasteiger partial charge on any atom is -0.448 e. The van der Waals surface area contributed by atoms with Crippen LogP contribution in [0.5, 0.6) is 0 Å². The zero-order valence-corrected chi connectivity index (χ0v) is 14.2. The minimum atomic E-state index is -3.70. The van der Waals surface area contributed by atoms with Crippen molar-refractivity contribution < 1.29 is 17.6 Å². The lowest BCUT2D eigenvalue weighted by atomic mass is 9.79. The maximum atomic E-state index is 12.7. The number of amides is 1. The Balaban J connectivity index is 2.28. The van der Waals surface area contributed by atoms with Crippen LogP contribution in [0.15, 0.2) is 15.6 Å². The first-order chi connectivity index (χ1) is 10.1. The van der Waals surface area contributed by atoms with E-state index in [1.54, 1.807) is 11.8 Å². The molecule has 3 N–H and O–H groups in total. The van der Waals surface area contributed by atoms with Crippen LogP contribution < -0.4 is 10.5 Å². The van der Waals surface area contributed by atoms with Gasteiger partial charge in [0.15, 0.2) is 0 Å².